The molecule has 0 aliphatic heterocycles. The minimum atomic E-state index is -0.915. The van der Waals surface area contributed by atoms with Crippen LogP contribution in [-0.2, 0) is 10.8 Å². The fourth-order valence-corrected chi connectivity index (χ4v) is 5.06. The van der Waals surface area contributed by atoms with Gasteiger partial charge in [0.1, 0.15) is 0 Å². The highest BCUT2D eigenvalue weighted by atomic mass is 79.9. The molecule has 2 rings (SSSR count). The molecule has 1 fully saturated rings. The average Bonchev–Trinajstić information content (AvgIpc) is 2.64. The van der Waals surface area contributed by atoms with Gasteiger partial charge in [-0.05, 0) is 37.6 Å². The van der Waals surface area contributed by atoms with E-state index < -0.39 is 10.8 Å². The van der Waals surface area contributed by atoms with Gasteiger partial charge in [-0.3, -0.25) is 4.21 Å². The van der Waals surface area contributed by atoms with Gasteiger partial charge >= 0.3 is 0 Å². The molecule has 0 heterocycles. The van der Waals surface area contributed by atoms with Crippen molar-refractivity contribution in [2.45, 2.75) is 55.2 Å². The van der Waals surface area contributed by atoms with Crippen LogP contribution >= 0.6 is 15.9 Å². The summed E-state index contributed by atoms with van der Waals surface area (Å²) in [5, 5.41) is 3.78. The summed E-state index contributed by atoms with van der Waals surface area (Å²) in [5.41, 5.74) is 0. The molecule has 1 aromatic carbocycles. The Hall–Kier alpha value is -0.190. The van der Waals surface area contributed by atoms with Crippen LogP contribution in [0.15, 0.2) is 33.6 Å². The summed E-state index contributed by atoms with van der Waals surface area (Å²) in [6.45, 7) is 3.08. The van der Waals surface area contributed by atoms with Crippen LogP contribution in [0.25, 0.3) is 0 Å². The van der Waals surface area contributed by atoms with Gasteiger partial charge in [-0.1, -0.05) is 48.2 Å². The highest BCUT2D eigenvalue weighted by Crippen LogP contribution is 2.26. The molecule has 106 valence electrons. The quantitative estimate of drug-likeness (QED) is 0.840. The summed E-state index contributed by atoms with van der Waals surface area (Å²) in [6, 6.07) is 8.32. The Morgan fingerprint density at radius 1 is 1.32 bits per heavy atom. The Labute approximate surface area is 127 Å². The first kappa shape index (κ1) is 15.2. The van der Waals surface area contributed by atoms with Gasteiger partial charge in [0.05, 0.1) is 16.0 Å². The molecule has 1 N–H and O–H groups in total. The second-order valence-corrected chi connectivity index (χ2v) is 7.68. The SMILES string of the molecule is CCNC1CCCCCC1S(=O)c1cccc(Br)c1. The number of benzene rings is 1. The molecule has 2 nitrogen and oxygen atoms in total. The molecule has 1 saturated carbocycles. The van der Waals surface area contributed by atoms with Gasteiger partial charge in [-0.15, -0.1) is 0 Å². The Balaban J connectivity index is 2.18. The molecule has 0 radical (unpaired) electrons. The lowest BCUT2D eigenvalue weighted by atomic mass is 10.1. The second-order valence-electron chi connectivity index (χ2n) is 5.10. The maximum atomic E-state index is 12.8. The first-order chi connectivity index (χ1) is 9.22. The lowest BCUT2D eigenvalue weighted by Crippen LogP contribution is -2.41. The third-order valence-corrected chi connectivity index (χ3v) is 6.05. The zero-order valence-corrected chi connectivity index (χ0v) is 13.8. The van der Waals surface area contributed by atoms with Crippen molar-refractivity contribution in [1.82, 2.24) is 5.32 Å². The van der Waals surface area contributed by atoms with Gasteiger partial charge in [0, 0.05) is 15.4 Å². The van der Waals surface area contributed by atoms with E-state index >= 15 is 0 Å². The Bertz CT molecular complexity index is 438. The zero-order chi connectivity index (χ0) is 13.7. The average molecular weight is 344 g/mol. The largest absolute Gasteiger partial charge is 0.313 e. The van der Waals surface area contributed by atoms with Crippen LogP contribution < -0.4 is 5.32 Å². The van der Waals surface area contributed by atoms with Crippen LogP contribution in [0.1, 0.15) is 39.0 Å². The van der Waals surface area contributed by atoms with Crippen LogP contribution in [0.4, 0.5) is 0 Å². The second kappa shape index (κ2) is 7.55. The summed E-state index contributed by atoms with van der Waals surface area (Å²) in [4.78, 5) is 0.948. The number of nitrogens with one attached hydrogen (secondary N) is 1. The van der Waals surface area contributed by atoms with E-state index in [9.17, 15) is 4.21 Å². The van der Waals surface area contributed by atoms with Crippen LogP contribution in [-0.4, -0.2) is 22.0 Å². The maximum Gasteiger partial charge on any atom is 0.0577 e. The van der Waals surface area contributed by atoms with Gasteiger partial charge in [0.25, 0.3) is 0 Å². The van der Waals surface area contributed by atoms with E-state index in [4.69, 9.17) is 0 Å². The van der Waals surface area contributed by atoms with Crippen molar-refractivity contribution in [2.24, 2.45) is 0 Å². The van der Waals surface area contributed by atoms with Crippen LogP contribution in [0, 0.1) is 0 Å². The molecule has 0 spiro atoms. The van der Waals surface area contributed by atoms with Crippen molar-refractivity contribution in [2.75, 3.05) is 6.54 Å². The van der Waals surface area contributed by atoms with E-state index in [1.165, 1.54) is 19.3 Å². The molecule has 1 aliphatic rings. The molecule has 1 aliphatic carbocycles. The van der Waals surface area contributed by atoms with Gasteiger partial charge in [-0.25, -0.2) is 0 Å². The fourth-order valence-electron chi connectivity index (χ4n) is 2.79. The summed E-state index contributed by atoms with van der Waals surface area (Å²) in [7, 11) is -0.915. The smallest absolute Gasteiger partial charge is 0.0577 e. The van der Waals surface area contributed by atoms with Gasteiger partial charge in [0.2, 0.25) is 0 Å². The standard InChI is InChI=1S/C15H22BrNOS/c1-2-17-14-9-4-3-5-10-15(14)19(18)13-8-6-7-12(16)11-13/h6-8,11,14-15,17H,2-5,9-10H2,1H3. The van der Waals surface area contributed by atoms with E-state index in [1.54, 1.807) is 0 Å². The van der Waals surface area contributed by atoms with Crippen molar-refractivity contribution in [3.05, 3.63) is 28.7 Å². The molecule has 3 unspecified atom stereocenters. The summed E-state index contributed by atoms with van der Waals surface area (Å²) < 4.78 is 13.8. The number of halogens is 1. The molecule has 4 heteroatoms. The fraction of sp³-hybridized carbons (Fsp3) is 0.600. The Kier molecular flexibility index (Phi) is 6.05. The number of hydrogen-bond donors (Lipinski definition) is 1. The van der Waals surface area contributed by atoms with Crippen LogP contribution in [0.3, 0.4) is 0 Å². The molecule has 0 amide bonds. The van der Waals surface area contributed by atoms with Gasteiger partial charge in [0.15, 0.2) is 0 Å². The van der Waals surface area contributed by atoms with Crippen molar-refractivity contribution >= 4 is 26.7 Å². The molecule has 19 heavy (non-hydrogen) atoms. The van der Waals surface area contributed by atoms with Gasteiger partial charge < -0.3 is 5.32 Å². The van der Waals surface area contributed by atoms with E-state index in [1.807, 2.05) is 24.3 Å². The van der Waals surface area contributed by atoms with E-state index in [-0.39, 0.29) is 5.25 Å². The van der Waals surface area contributed by atoms with Crippen molar-refractivity contribution in [1.29, 1.82) is 0 Å². The van der Waals surface area contributed by atoms with Crippen LogP contribution in [0.2, 0.25) is 0 Å². The Morgan fingerprint density at radius 3 is 2.84 bits per heavy atom. The molecule has 0 bridgehead atoms. The van der Waals surface area contributed by atoms with E-state index in [0.29, 0.717) is 6.04 Å². The topological polar surface area (TPSA) is 29.1 Å². The van der Waals surface area contributed by atoms with Crippen molar-refractivity contribution in [3.8, 4) is 0 Å². The predicted octanol–water partition coefficient (Wildman–Crippen LogP) is 3.87. The third-order valence-electron chi connectivity index (χ3n) is 3.72. The van der Waals surface area contributed by atoms with E-state index in [2.05, 4.69) is 28.2 Å². The van der Waals surface area contributed by atoms with Crippen molar-refractivity contribution < 1.29 is 4.21 Å². The minimum absolute atomic E-state index is 0.247. The van der Waals surface area contributed by atoms with Crippen LogP contribution in [0.5, 0.6) is 0 Å². The molecular formula is C15H22BrNOS. The monoisotopic (exact) mass is 343 g/mol. The van der Waals surface area contributed by atoms with Gasteiger partial charge in [-0.2, -0.15) is 0 Å². The van der Waals surface area contributed by atoms with Crippen molar-refractivity contribution in [3.63, 3.8) is 0 Å². The maximum absolute atomic E-state index is 12.8. The Morgan fingerprint density at radius 2 is 2.11 bits per heavy atom. The molecular weight excluding hydrogens is 322 g/mol. The number of rotatable bonds is 4. The predicted molar refractivity (Wildman–Crippen MR) is 84.9 cm³/mol. The highest BCUT2D eigenvalue weighted by molar-refractivity contribution is 9.10. The summed E-state index contributed by atoms with van der Waals surface area (Å²) in [6.07, 6.45) is 5.94. The minimum Gasteiger partial charge on any atom is -0.313 e. The van der Waals surface area contributed by atoms with E-state index in [0.717, 1.165) is 28.8 Å². The highest BCUT2D eigenvalue weighted by Gasteiger charge is 2.28. The lowest BCUT2D eigenvalue weighted by Gasteiger charge is -2.25. The lowest BCUT2D eigenvalue weighted by molar-refractivity contribution is 0.474. The zero-order valence-electron chi connectivity index (χ0n) is 11.4. The third kappa shape index (κ3) is 4.14. The molecule has 1 aromatic rings. The molecule has 3 atom stereocenters. The number of hydrogen-bond acceptors (Lipinski definition) is 2. The molecule has 0 saturated heterocycles. The first-order valence-corrected chi connectivity index (χ1v) is 9.12. The first-order valence-electron chi connectivity index (χ1n) is 7.12. The normalized spacial score (nSPS) is 25.8. The summed E-state index contributed by atoms with van der Waals surface area (Å²) in [5.74, 6) is 0. The molecule has 0 aromatic heterocycles. The summed E-state index contributed by atoms with van der Waals surface area (Å²) >= 11 is 3.47.